The van der Waals surface area contributed by atoms with E-state index in [4.69, 9.17) is 9.47 Å². The van der Waals surface area contributed by atoms with Crippen molar-refractivity contribution in [2.45, 2.75) is 11.3 Å². The molecule has 26 heavy (non-hydrogen) atoms. The molecule has 1 amide bonds. The summed E-state index contributed by atoms with van der Waals surface area (Å²) >= 11 is 0. The highest BCUT2D eigenvalue weighted by molar-refractivity contribution is 7.84. The third-order valence-corrected chi connectivity index (χ3v) is 4.60. The number of rotatable bonds is 8. The molecule has 0 fully saturated rings. The molecule has 0 spiro atoms. The van der Waals surface area contributed by atoms with Gasteiger partial charge in [0.25, 0.3) is 5.91 Å². The number of carbonyl (C=O) groups excluding carboxylic acids is 2. The van der Waals surface area contributed by atoms with Gasteiger partial charge in [-0.15, -0.1) is 0 Å². The van der Waals surface area contributed by atoms with Crippen molar-refractivity contribution in [3.63, 3.8) is 0 Å². The van der Waals surface area contributed by atoms with Crippen molar-refractivity contribution in [3.05, 3.63) is 59.7 Å². The molecule has 0 bridgehead atoms. The molecule has 0 heterocycles. The van der Waals surface area contributed by atoms with E-state index in [1.54, 1.807) is 25.5 Å². The van der Waals surface area contributed by atoms with E-state index in [9.17, 15) is 13.8 Å². The summed E-state index contributed by atoms with van der Waals surface area (Å²) in [5.41, 5.74) is 1.29. The lowest BCUT2D eigenvalue weighted by Crippen LogP contribution is -2.30. The number of para-hydroxylation sites is 1. The van der Waals surface area contributed by atoms with Crippen LogP contribution in [-0.4, -0.2) is 42.6 Å². The summed E-state index contributed by atoms with van der Waals surface area (Å²) in [6, 6.07) is 13.8. The maximum Gasteiger partial charge on any atom is 0.338 e. The topological polar surface area (TPSA) is 81.7 Å². The van der Waals surface area contributed by atoms with Gasteiger partial charge in [0, 0.05) is 28.5 Å². The summed E-state index contributed by atoms with van der Waals surface area (Å²) in [5.74, 6) is -0.206. The Morgan fingerprint density at radius 2 is 1.77 bits per heavy atom. The summed E-state index contributed by atoms with van der Waals surface area (Å²) in [4.78, 5) is 24.3. The van der Waals surface area contributed by atoms with Crippen LogP contribution in [0.5, 0.6) is 5.75 Å². The minimum absolute atomic E-state index is 0.307. The fraction of sp³-hybridized carbons (Fsp3) is 0.263. The predicted octanol–water partition coefficient (Wildman–Crippen LogP) is 1.95. The molecular formula is C19H21NO5S. The zero-order chi connectivity index (χ0) is 18.9. The number of ether oxygens (including phenoxy) is 2. The highest BCUT2D eigenvalue weighted by Gasteiger charge is 2.11. The molecule has 0 aliphatic carbocycles. The molecule has 1 N–H and O–H groups in total. The van der Waals surface area contributed by atoms with E-state index < -0.39 is 16.8 Å². The fourth-order valence-electron chi connectivity index (χ4n) is 2.29. The van der Waals surface area contributed by atoms with E-state index in [0.29, 0.717) is 23.4 Å². The molecule has 1 atom stereocenters. The van der Waals surface area contributed by atoms with Crippen LogP contribution in [0.3, 0.4) is 0 Å². The molecule has 2 aromatic carbocycles. The fourth-order valence-corrected chi connectivity index (χ4v) is 2.81. The van der Waals surface area contributed by atoms with E-state index >= 15 is 0 Å². The predicted molar refractivity (Wildman–Crippen MR) is 98.8 cm³/mol. The Labute approximate surface area is 155 Å². The first-order valence-corrected chi connectivity index (χ1v) is 9.56. The van der Waals surface area contributed by atoms with Crippen LogP contribution in [0.1, 0.15) is 15.9 Å². The first kappa shape index (κ1) is 19.7. The van der Waals surface area contributed by atoms with Crippen molar-refractivity contribution < 1.29 is 23.3 Å². The summed E-state index contributed by atoms with van der Waals surface area (Å²) in [5, 5.41) is 2.70. The van der Waals surface area contributed by atoms with Crippen LogP contribution in [0.15, 0.2) is 53.4 Å². The molecule has 7 heteroatoms. The second-order valence-electron chi connectivity index (χ2n) is 5.47. The Kier molecular flexibility index (Phi) is 7.35. The normalized spacial score (nSPS) is 11.5. The lowest BCUT2D eigenvalue weighted by Gasteiger charge is -2.09. The van der Waals surface area contributed by atoms with Gasteiger partial charge >= 0.3 is 5.97 Å². The third-order valence-electron chi connectivity index (χ3n) is 3.67. The molecule has 6 nitrogen and oxygen atoms in total. The first-order valence-electron chi connectivity index (χ1n) is 8.00. The smallest absolute Gasteiger partial charge is 0.338 e. The van der Waals surface area contributed by atoms with E-state index in [2.05, 4.69) is 5.32 Å². The van der Waals surface area contributed by atoms with Crippen LogP contribution in [0.2, 0.25) is 0 Å². The Morgan fingerprint density at radius 1 is 1.08 bits per heavy atom. The van der Waals surface area contributed by atoms with E-state index in [1.807, 2.05) is 24.3 Å². The average molecular weight is 375 g/mol. The van der Waals surface area contributed by atoms with Gasteiger partial charge in [-0.25, -0.2) is 4.79 Å². The highest BCUT2D eigenvalue weighted by Crippen LogP contribution is 2.17. The summed E-state index contributed by atoms with van der Waals surface area (Å²) in [7, 11) is 0.490. The van der Waals surface area contributed by atoms with E-state index in [0.717, 1.165) is 11.3 Å². The Hall–Kier alpha value is -2.67. The largest absolute Gasteiger partial charge is 0.496 e. The van der Waals surface area contributed by atoms with Crippen LogP contribution in [0.4, 0.5) is 0 Å². The number of nitrogens with one attached hydrogen (secondary N) is 1. The Balaban J connectivity index is 1.76. The number of benzene rings is 2. The molecule has 0 aromatic heterocycles. The van der Waals surface area contributed by atoms with Gasteiger partial charge in [0.15, 0.2) is 6.61 Å². The van der Waals surface area contributed by atoms with Crippen molar-refractivity contribution in [3.8, 4) is 5.75 Å². The number of hydrogen-bond donors (Lipinski definition) is 1. The summed E-state index contributed by atoms with van der Waals surface area (Å²) in [6.07, 6.45) is 2.17. The highest BCUT2D eigenvalue weighted by atomic mass is 32.2. The van der Waals surface area contributed by atoms with Crippen LogP contribution < -0.4 is 10.1 Å². The van der Waals surface area contributed by atoms with Gasteiger partial charge in [-0.1, -0.05) is 18.2 Å². The Morgan fingerprint density at radius 3 is 2.42 bits per heavy atom. The monoisotopic (exact) mass is 375 g/mol. The maximum atomic E-state index is 11.9. The lowest BCUT2D eigenvalue weighted by molar-refractivity contribution is -0.124. The van der Waals surface area contributed by atoms with Gasteiger partial charge in [0.05, 0.1) is 12.7 Å². The lowest BCUT2D eigenvalue weighted by atomic mass is 10.1. The van der Waals surface area contributed by atoms with Crippen molar-refractivity contribution in [1.82, 2.24) is 5.32 Å². The number of carbonyl (C=O) groups is 2. The number of esters is 1. The Bertz CT molecular complexity index is 789. The van der Waals surface area contributed by atoms with Gasteiger partial charge in [-0.2, -0.15) is 0 Å². The molecule has 0 aliphatic rings. The van der Waals surface area contributed by atoms with Crippen LogP contribution >= 0.6 is 0 Å². The van der Waals surface area contributed by atoms with Crippen LogP contribution in [0, 0.1) is 0 Å². The molecule has 0 saturated heterocycles. The van der Waals surface area contributed by atoms with Crippen LogP contribution in [0.25, 0.3) is 0 Å². The van der Waals surface area contributed by atoms with Gasteiger partial charge < -0.3 is 14.8 Å². The van der Waals surface area contributed by atoms with Crippen molar-refractivity contribution in [1.29, 1.82) is 0 Å². The van der Waals surface area contributed by atoms with E-state index in [-0.39, 0.29) is 12.5 Å². The van der Waals surface area contributed by atoms with Gasteiger partial charge in [-0.05, 0) is 42.3 Å². The zero-order valence-electron chi connectivity index (χ0n) is 14.7. The molecule has 1 unspecified atom stereocenters. The molecular weight excluding hydrogens is 354 g/mol. The zero-order valence-corrected chi connectivity index (χ0v) is 15.5. The van der Waals surface area contributed by atoms with Gasteiger partial charge in [0.2, 0.25) is 0 Å². The van der Waals surface area contributed by atoms with Crippen molar-refractivity contribution in [2.24, 2.45) is 0 Å². The molecule has 0 radical (unpaired) electrons. The molecule has 0 saturated carbocycles. The van der Waals surface area contributed by atoms with Gasteiger partial charge in [-0.3, -0.25) is 9.00 Å². The minimum Gasteiger partial charge on any atom is -0.496 e. The standard InChI is InChI=1S/C19H21NO5S/c1-24-17-6-4-3-5-14(17)11-12-20-18(21)13-25-19(22)15-7-9-16(10-8-15)26(2)23/h3-10H,11-13H2,1-2H3,(H,20,21). The summed E-state index contributed by atoms with van der Waals surface area (Å²) in [6.45, 7) is 0.0555. The van der Waals surface area contributed by atoms with Gasteiger partial charge in [0.1, 0.15) is 5.75 Å². The molecule has 138 valence electrons. The molecule has 2 rings (SSSR count). The number of amides is 1. The number of methoxy groups -OCH3 is 1. The SMILES string of the molecule is COc1ccccc1CCNC(=O)COC(=O)c1ccc(S(C)=O)cc1. The maximum absolute atomic E-state index is 11.9. The minimum atomic E-state index is -1.11. The van der Waals surface area contributed by atoms with Crippen molar-refractivity contribution >= 4 is 22.7 Å². The van der Waals surface area contributed by atoms with Crippen molar-refractivity contribution in [2.75, 3.05) is 26.5 Å². The summed E-state index contributed by atoms with van der Waals surface area (Å²) < 4.78 is 21.6. The van der Waals surface area contributed by atoms with E-state index in [1.165, 1.54) is 12.1 Å². The number of hydrogen-bond acceptors (Lipinski definition) is 5. The average Bonchev–Trinajstić information content (AvgIpc) is 2.66. The second kappa shape index (κ2) is 9.72. The quantitative estimate of drug-likeness (QED) is 0.713. The first-order chi connectivity index (χ1) is 12.5. The molecule has 2 aromatic rings. The molecule has 0 aliphatic heterocycles. The third kappa shape index (κ3) is 5.70. The second-order valence-corrected chi connectivity index (χ2v) is 6.85. The van der Waals surface area contributed by atoms with Crippen LogP contribution in [-0.2, 0) is 26.8 Å².